The van der Waals surface area contributed by atoms with Crippen molar-refractivity contribution in [1.29, 1.82) is 0 Å². The van der Waals surface area contributed by atoms with Crippen LogP contribution in [0.15, 0.2) is 29.3 Å². The highest BCUT2D eigenvalue weighted by atomic mass is 16.5. The Balaban J connectivity index is 1.60. The van der Waals surface area contributed by atoms with E-state index in [4.69, 9.17) is 10.5 Å². The molecule has 2 aliphatic rings. The second kappa shape index (κ2) is 5.51. The molecule has 1 aliphatic carbocycles. The molecule has 0 bridgehead atoms. The molecule has 1 fully saturated rings. The molecule has 4 heteroatoms. The molecule has 0 amide bonds. The Labute approximate surface area is 114 Å². The average Bonchev–Trinajstić information content (AvgIpc) is 3.23. The first-order chi connectivity index (χ1) is 9.33. The summed E-state index contributed by atoms with van der Waals surface area (Å²) in [4.78, 5) is 4.41. The summed E-state index contributed by atoms with van der Waals surface area (Å²) in [6.07, 6.45) is 4.84. The van der Waals surface area contributed by atoms with Crippen molar-refractivity contribution in [3.63, 3.8) is 0 Å². The molecular weight excluding hydrogens is 238 g/mol. The van der Waals surface area contributed by atoms with Gasteiger partial charge in [-0.05, 0) is 18.4 Å². The van der Waals surface area contributed by atoms with Crippen molar-refractivity contribution in [2.75, 3.05) is 13.2 Å². The monoisotopic (exact) mass is 259 g/mol. The molecule has 1 unspecified atom stereocenters. The van der Waals surface area contributed by atoms with E-state index in [1.807, 2.05) is 18.2 Å². The highest BCUT2D eigenvalue weighted by molar-refractivity contribution is 5.78. The topological polar surface area (TPSA) is 59.6 Å². The zero-order valence-corrected chi connectivity index (χ0v) is 11.1. The zero-order chi connectivity index (χ0) is 13.1. The van der Waals surface area contributed by atoms with Gasteiger partial charge in [0.2, 0.25) is 0 Å². The van der Waals surface area contributed by atoms with Crippen LogP contribution in [0.1, 0.15) is 37.3 Å². The molecule has 0 radical (unpaired) electrons. The van der Waals surface area contributed by atoms with Crippen molar-refractivity contribution in [1.82, 2.24) is 5.32 Å². The van der Waals surface area contributed by atoms with Crippen LogP contribution in [-0.2, 0) is 0 Å². The SMILES string of the molecule is NC(=NCCC1CC1)NC1CCOc2ccccc21. The molecule has 1 saturated carbocycles. The van der Waals surface area contributed by atoms with Gasteiger partial charge in [-0.25, -0.2) is 0 Å². The summed E-state index contributed by atoms with van der Waals surface area (Å²) in [6, 6.07) is 8.33. The van der Waals surface area contributed by atoms with Gasteiger partial charge in [0.25, 0.3) is 0 Å². The summed E-state index contributed by atoms with van der Waals surface area (Å²) >= 11 is 0. The number of benzene rings is 1. The largest absolute Gasteiger partial charge is 0.493 e. The molecule has 0 spiro atoms. The van der Waals surface area contributed by atoms with Crippen LogP contribution in [0, 0.1) is 5.92 Å². The van der Waals surface area contributed by atoms with Crippen molar-refractivity contribution >= 4 is 5.96 Å². The number of guanidine groups is 1. The van der Waals surface area contributed by atoms with E-state index in [1.54, 1.807) is 0 Å². The van der Waals surface area contributed by atoms with E-state index in [0.717, 1.165) is 31.2 Å². The van der Waals surface area contributed by atoms with Crippen LogP contribution in [0.5, 0.6) is 5.75 Å². The summed E-state index contributed by atoms with van der Waals surface area (Å²) in [5.74, 6) is 2.42. The van der Waals surface area contributed by atoms with Crippen LogP contribution >= 0.6 is 0 Å². The molecule has 1 heterocycles. The predicted octanol–water partition coefficient (Wildman–Crippen LogP) is 2.21. The van der Waals surface area contributed by atoms with Gasteiger partial charge in [0.15, 0.2) is 5.96 Å². The Bertz CT molecular complexity index is 468. The minimum Gasteiger partial charge on any atom is -0.493 e. The lowest BCUT2D eigenvalue weighted by Gasteiger charge is -2.26. The third-order valence-corrected chi connectivity index (χ3v) is 3.80. The second-order valence-electron chi connectivity index (χ2n) is 5.37. The second-order valence-corrected chi connectivity index (χ2v) is 5.37. The fraction of sp³-hybridized carbons (Fsp3) is 0.533. The third kappa shape index (κ3) is 3.19. The number of nitrogens with one attached hydrogen (secondary N) is 1. The lowest BCUT2D eigenvalue weighted by atomic mass is 10.0. The first-order valence-corrected chi connectivity index (χ1v) is 7.11. The zero-order valence-electron chi connectivity index (χ0n) is 11.1. The minimum atomic E-state index is 0.217. The van der Waals surface area contributed by atoms with Gasteiger partial charge < -0.3 is 15.8 Å². The number of nitrogens with zero attached hydrogens (tertiary/aromatic N) is 1. The maximum atomic E-state index is 5.97. The number of aliphatic imine (C=N–C) groups is 1. The lowest BCUT2D eigenvalue weighted by molar-refractivity contribution is 0.262. The van der Waals surface area contributed by atoms with Crippen molar-refractivity contribution in [2.45, 2.75) is 31.7 Å². The van der Waals surface area contributed by atoms with Crippen molar-refractivity contribution < 1.29 is 4.74 Å². The molecule has 19 heavy (non-hydrogen) atoms. The smallest absolute Gasteiger partial charge is 0.189 e. The first-order valence-electron chi connectivity index (χ1n) is 7.11. The maximum absolute atomic E-state index is 5.97. The van der Waals surface area contributed by atoms with Crippen LogP contribution in [0.25, 0.3) is 0 Å². The van der Waals surface area contributed by atoms with E-state index in [9.17, 15) is 0 Å². The fourth-order valence-corrected chi connectivity index (χ4v) is 2.49. The van der Waals surface area contributed by atoms with Gasteiger partial charge in [-0.1, -0.05) is 31.0 Å². The molecule has 3 rings (SSSR count). The van der Waals surface area contributed by atoms with Gasteiger partial charge in [0, 0.05) is 18.5 Å². The van der Waals surface area contributed by atoms with Crippen molar-refractivity contribution in [3.8, 4) is 5.75 Å². The Hall–Kier alpha value is -1.71. The number of hydrogen-bond acceptors (Lipinski definition) is 2. The highest BCUT2D eigenvalue weighted by Crippen LogP contribution is 2.32. The summed E-state index contributed by atoms with van der Waals surface area (Å²) in [5, 5.41) is 3.32. The third-order valence-electron chi connectivity index (χ3n) is 3.80. The minimum absolute atomic E-state index is 0.217. The van der Waals surface area contributed by atoms with Crippen LogP contribution in [0.3, 0.4) is 0 Å². The Morgan fingerprint density at radius 2 is 2.16 bits per heavy atom. The predicted molar refractivity (Wildman–Crippen MR) is 76.3 cm³/mol. The number of ether oxygens (including phenoxy) is 1. The van der Waals surface area contributed by atoms with E-state index in [2.05, 4.69) is 16.4 Å². The number of hydrogen-bond donors (Lipinski definition) is 2. The van der Waals surface area contributed by atoms with Gasteiger partial charge >= 0.3 is 0 Å². The van der Waals surface area contributed by atoms with Gasteiger partial charge in [0.05, 0.1) is 12.6 Å². The molecule has 1 aliphatic heterocycles. The molecular formula is C15H21N3O. The molecule has 3 N–H and O–H groups in total. The quantitative estimate of drug-likeness (QED) is 0.644. The Kier molecular flexibility index (Phi) is 3.58. The van der Waals surface area contributed by atoms with E-state index >= 15 is 0 Å². The summed E-state index contributed by atoms with van der Waals surface area (Å²) in [6.45, 7) is 1.57. The van der Waals surface area contributed by atoms with Gasteiger partial charge in [-0.15, -0.1) is 0 Å². The molecule has 1 aromatic carbocycles. The summed E-state index contributed by atoms with van der Waals surface area (Å²) in [7, 11) is 0. The van der Waals surface area contributed by atoms with Gasteiger partial charge in [-0.3, -0.25) is 4.99 Å². The first kappa shape index (κ1) is 12.3. The van der Waals surface area contributed by atoms with Gasteiger partial charge in [-0.2, -0.15) is 0 Å². The Morgan fingerprint density at radius 3 is 3.00 bits per heavy atom. The van der Waals surface area contributed by atoms with Crippen LogP contribution in [-0.4, -0.2) is 19.1 Å². The van der Waals surface area contributed by atoms with Crippen LogP contribution in [0.2, 0.25) is 0 Å². The number of fused-ring (bicyclic) bond motifs is 1. The maximum Gasteiger partial charge on any atom is 0.189 e. The van der Waals surface area contributed by atoms with Crippen LogP contribution in [0.4, 0.5) is 0 Å². The van der Waals surface area contributed by atoms with Crippen molar-refractivity contribution in [2.24, 2.45) is 16.6 Å². The number of nitrogens with two attached hydrogens (primary N) is 1. The molecule has 1 aromatic rings. The van der Waals surface area contributed by atoms with Crippen molar-refractivity contribution in [3.05, 3.63) is 29.8 Å². The van der Waals surface area contributed by atoms with E-state index in [1.165, 1.54) is 24.8 Å². The summed E-state index contributed by atoms with van der Waals surface area (Å²) in [5.41, 5.74) is 7.14. The average molecular weight is 259 g/mol. The highest BCUT2D eigenvalue weighted by Gasteiger charge is 2.22. The number of para-hydroxylation sites is 1. The summed E-state index contributed by atoms with van der Waals surface area (Å²) < 4.78 is 5.64. The molecule has 4 nitrogen and oxygen atoms in total. The van der Waals surface area contributed by atoms with Gasteiger partial charge in [0.1, 0.15) is 5.75 Å². The van der Waals surface area contributed by atoms with E-state index in [-0.39, 0.29) is 6.04 Å². The fourth-order valence-electron chi connectivity index (χ4n) is 2.49. The molecule has 1 atom stereocenters. The number of rotatable bonds is 4. The standard InChI is InChI=1S/C15H21N3O/c16-15(17-9-7-11-5-6-11)18-13-8-10-19-14-4-2-1-3-12(13)14/h1-4,11,13H,5-10H2,(H3,16,17,18). The normalized spacial score (nSPS) is 22.5. The molecule has 0 aromatic heterocycles. The van der Waals surface area contributed by atoms with Crippen LogP contribution < -0.4 is 15.8 Å². The molecule has 102 valence electrons. The van der Waals surface area contributed by atoms with E-state index in [0.29, 0.717) is 5.96 Å². The van der Waals surface area contributed by atoms with E-state index < -0.39 is 0 Å². The lowest BCUT2D eigenvalue weighted by Crippen LogP contribution is -2.37. The Morgan fingerprint density at radius 1 is 1.32 bits per heavy atom. The molecule has 0 saturated heterocycles.